The number of carbonyl (C=O) groups is 1. The van der Waals surface area contributed by atoms with Crippen LogP contribution in [0.3, 0.4) is 0 Å². The maximum Gasteiger partial charge on any atom is 0.460 e. The van der Waals surface area contributed by atoms with Crippen molar-refractivity contribution in [3.05, 3.63) is 28.8 Å². The molecule has 0 saturated carbocycles. The molecule has 1 aliphatic heterocycles. The summed E-state index contributed by atoms with van der Waals surface area (Å²) >= 11 is 0. The summed E-state index contributed by atoms with van der Waals surface area (Å²) in [6.07, 6.45) is 4.35. The van der Waals surface area contributed by atoms with E-state index in [1.165, 1.54) is 0 Å². The number of hydrogen-bond donors (Lipinski definition) is 1. The minimum absolute atomic E-state index is 0.0510. The Kier molecular flexibility index (Phi) is 3.77. The van der Waals surface area contributed by atoms with Crippen LogP contribution < -0.4 is 16.0 Å². The zero-order valence-corrected chi connectivity index (χ0v) is 12.0. The van der Waals surface area contributed by atoms with Crippen LogP contribution in [-0.4, -0.2) is 40.3 Å². The number of rotatable bonds is 3. The average molecular weight is 305 g/mol. The first-order chi connectivity index (χ1) is 10.7. The van der Waals surface area contributed by atoms with Gasteiger partial charge in [-0.15, -0.1) is 4.57 Å². The molecule has 1 N–H and O–H groups in total. The second-order valence-electron chi connectivity index (χ2n) is 4.61. The number of amides is 1. The monoisotopic (exact) mass is 305 g/mol. The van der Waals surface area contributed by atoms with E-state index < -0.39 is 11.8 Å². The van der Waals surface area contributed by atoms with Gasteiger partial charge in [0.1, 0.15) is 5.82 Å². The molecule has 3 rings (SSSR count). The van der Waals surface area contributed by atoms with Crippen LogP contribution in [0.5, 0.6) is 0 Å². The topological polar surface area (TPSA) is 102 Å². The minimum Gasteiger partial charge on any atom is -0.450 e. The van der Waals surface area contributed by atoms with Gasteiger partial charge in [-0.1, -0.05) is 12.2 Å². The minimum atomic E-state index is -0.760. The smallest absolute Gasteiger partial charge is 0.450 e. The first-order valence-electron chi connectivity index (χ1n) is 6.92. The van der Waals surface area contributed by atoms with E-state index in [1.807, 2.05) is 11.0 Å². The molecule has 0 radical (unpaired) electrons. The second-order valence-corrected chi connectivity index (χ2v) is 4.61. The number of anilines is 2. The van der Waals surface area contributed by atoms with Crippen LogP contribution in [-0.2, 0) is 4.74 Å². The fourth-order valence-corrected chi connectivity index (χ4v) is 2.18. The lowest BCUT2D eigenvalue weighted by Gasteiger charge is -2.24. The van der Waals surface area contributed by atoms with Gasteiger partial charge < -0.3 is 14.2 Å². The Hall–Kier alpha value is -2.84. The summed E-state index contributed by atoms with van der Waals surface area (Å²) < 4.78 is 10.8. The highest BCUT2D eigenvalue weighted by atomic mass is 16.6. The fraction of sp³-hybridized carbons (Fsp3) is 0.385. The number of aromatic nitrogens is 3. The molecule has 0 fully saturated rings. The quantitative estimate of drug-likeness (QED) is 0.844. The van der Waals surface area contributed by atoms with Crippen LogP contribution in [0.1, 0.15) is 13.3 Å². The molecule has 0 spiro atoms. The van der Waals surface area contributed by atoms with Gasteiger partial charge in [0.15, 0.2) is 5.65 Å². The molecule has 0 aromatic carbocycles. The Balaban J connectivity index is 2.01. The molecule has 9 heteroatoms. The van der Waals surface area contributed by atoms with Gasteiger partial charge in [-0.3, -0.25) is 5.32 Å². The second kappa shape index (κ2) is 5.88. The van der Waals surface area contributed by atoms with E-state index in [4.69, 9.17) is 9.26 Å². The van der Waals surface area contributed by atoms with Gasteiger partial charge in [-0.25, -0.2) is 9.59 Å². The van der Waals surface area contributed by atoms with Gasteiger partial charge in [0, 0.05) is 19.2 Å². The van der Waals surface area contributed by atoms with Crippen molar-refractivity contribution in [1.82, 2.24) is 14.5 Å². The largest absolute Gasteiger partial charge is 0.460 e. The lowest BCUT2D eigenvalue weighted by molar-refractivity contribution is 0.167. The Morgan fingerprint density at radius 3 is 3.05 bits per heavy atom. The molecular formula is C13H15N5O4. The van der Waals surface area contributed by atoms with Crippen molar-refractivity contribution in [3.63, 3.8) is 0 Å². The fourth-order valence-electron chi connectivity index (χ4n) is 2.18. The van der Waals surface area contributed by atoms with Crippen molar-refractivity contribution >= 4 is 23.5 Å². The van der Waals surface area contributed by atoms with Crippen molar-refractivity contribution in [1.29, 1.82) is 0 Å². The summed E-state index contributed by atoms with van der Waals surface area (Å²) in [5.74, 6) is -0.107. The molecule has 1 aliphatic rings. The molecule has 1 amide bonds. The summed E-state index contributed by atoms with van der Waals surface area (Å²) in [5, 5.41) is 2.45. The number of carbonyl (C=O) groups excluding carboxylic acids is 1. The van der Waals surface area contributed by atoms with Gasteiger partial charge >= 0.3 is 11.8 Å². The van der Waals surface area contributed by atoms with Crippen LogP contribution in [0, 0.1) is 0 Å². The molecule has 2 aromatic rings. The zero-order chi connectivity index (χ0) is 15.5. The van der Waals surface area contributed by atoms with Crippen LogP contribution in [0.2, 0.25) is 0 Å². The standard InChI is InChI=1S/C13H15N5O4/c1-2-21-12(19)16-11-14-9(17-6-4-3-5-7-17)8-10-15-13(20)22-18(10)11/h3-4,8H,2,5-7H2,1H3,(H,14,16,19). The number of nitrogens with zero attached hydrogens (tertiary/aromatic N) is 4. The highest BCUT2D eigenvalue weighted by molar-refractivity contribution is 5.83. The molecule has 0 unspecified atom stereocenters. The van der Waals surface area contributed by atoms with E-state index in [9.17, 15) is 9.59 Å². The third-order valence-electron chi connectivity index (χ3n) is 3.13. The Morgan fingerprint density at radius 1 is 1.45 bits per heavy atom. The number of fused-ring (bicyclic) bond motifs is 1. The van der Waals surface area contributed by atoms with E-state index in [1.54, 1.807) is 13.0 Å². The van der Waals surface area contributed by atoms with Crippen molar-refractivity contribution in [2.45, 2.75) is 13.3 Å². The molecule has 0 saturated heterocycles. The molecule has 0 bridgehead atoms. The third kappa shape index (κ3) is 2.78. The van der Waals surface area contributed by atoms with Gasteiger partial charge in [0.05, 0.1) is 6.61 Å². The van der Waals surface area contributed by atoms with Crippen LogP contribution >= 0.6 is 0 Å². The molecule has 9 nitrogen and oxygen atoms in total. The Labute approximate surface area is 125 Å². The summed E-state index contributed by atoms with van der Waals surface area (Å²) in [7, 11) is 0. The predicted octanol–water partition coefficient (Wildman–Crippen LogP) is 1.02. The molecule has 116 valence electrons. The van der Waals surface area contributed by atoms with Crippen molar-refractivity contribution < 1.29 is 14.1 Å². The number of hydrogen-bond acceptors (Lipinski definition) is 7. The molecule has 22 heavy (non-hydrogen) atoms. The van der Waals surface area contributed by atoms with E-state index in [-0.39, 0.29) is 18.2 Å². The average Bonchev–Trinajstić information content (AvgIpc) is 2.89. The zero-order valence-electron chi connectivity index (χ0n) is 12.0. The first kappa shape index (κ1) is 14.1. The molecular weight excluding hydrogens is 290 g/mol. The normalized spacial score (nSPS) is 14.3. The predicted molar refractivity (Wildman–Crippen MR) is 78.1 cm³/mol. The summed E-state index contributed by atoms with van der Waals surface area (Å²) in [4.78, 5) is 33.0. The first-order valence-corrected chi connectivity index (χ1v) is 6.92. The van der Waals surface area contributed by atoms with Gasteiger partial charge in [0.2, 0.25) is 0 Å². The lowest BCUT2D eigenvalue weighted by atomic mass is 10.2. The van der Waals surface area contributed by atoms with Crippen molar-refractivity contribution in [2.75, 3.05) is 29.9 Å². The molecule has 2 aromatic heterocycles. The highest BCUT2D eigenvalue weighted by Crippen LogP contribution is 2.19. The van der Waals surface area contributed by atoms with E-state index in [0.29, 0.717) is 12.4 Å². The van der Waals surface area contributed by atoms with Crippen LogP contribution in [0.4, 0.5) is 16.6 Å². The maximum absolute atomic E-state index is 11.6. The van der Waals surface area contributed by atoms with Crippen LogP contribution in [0.25, 0.3) is 5.65 Å². The molecule has 0 atom stereocenters. The highest BCUT2D eigenvalue weighted by Gasteiger charge is 2.17. The van der Waals surface area contributed by atoms with E-state index in [2.05, 4.69) is 21.4 Å². The lowest BCUT2D eigenvalue weighted by Crippen LogP contribution is -2.28. The molecule has 0 aliphatic carbocycles. The van der Waals surface area contributed by atoms with Crippen LogP contribution in [0.15, 0.2) is 27.5 Å². The number of nitrogens with one attached hydrogen (secondary N) is 1. The van der Waals surface area contributed by atoms with E-state index in [0.717, 1.165) is 17.5 Å². The summed E-state index contributed by atoms with van der Waals surface area (Å²) in [6, 6.07) is 1.64. The Morgan fingerprint density at radius 2 is 2.32 bits per heavy atom. The van der Waals surface area contributed by atoms with E-state index >= 15 is 0 Å². The number of ether oxygens (including phenoxy) is 1. The van der Waals surface area contributed by atoms with Gasteiger partial charge in [0.25, 0.3) is 5.95 Å². The van der Waals surface area contributed by atoms with Gasteiger partial charge in [-0.05, 0) is 13.3 Å². The van der Waals surface area contributed by atoms with Crippen molar-refractivity contribution in [2.24, 2.45) is 0 Å². The maximum atomic E-state index is 11.6. The summed E-state index contributed by atoms with van der Waals surface area (Å²) in [6.45, 7) is 3.40. The van der Waals surface area contributed by atoms with Gasteiger partial charge in [-0.2, -0.15) is 9.97 Å². The van der Waals surface area contributed by atoms with Crippen molar-refractivity contribution in [3.8, 4) is 0 Å². The SMILES string of the molecule is CCOC(=O)Nc1nc(N2CC=CCC2)cc2nc(=O)on12. The molecule has 3 heterocycles. The third-order valence-corrected chi connectivity index (χ3v) is 3.13. The summed E-state index contributed by atoms with van der Waals surface area (Å²) in [5.41, 5.74) is 0.274. The Bertz CT molecular complexity index is 778.